The predicted octanol–water partition coefficient (Wildman–Crippen LogP) is 5.58. The lowest BCUT2D eigenvalue weighted by atomic mass is 9.98. The summed E-state index contributed by atoms with van der Waals surface area (Å²) in [7, 11) is 0. The number of nitrogens with zero attached hydrogens (tertiary/aromatic N) is 1. The second-order valence-electron chi connectivity index (χ2n) is 7.23. The highest BCUT2D eigenvalue weighted by atomic mass is 32.2. The van der Waals surface area contributed by atoms with E-state index in [9.17, 15) is 17.7 Å². The summed E-state index contributed by atoms with van der Waals surface area (Å²) in [4.78, 5) is 2.23. The third kappa shape index (κ3) is 5.06. The molecule has 0 N–H and O–H groups in total. The molecule has 0 aromatic heterocycles. The van der Waals surface area contributed by atoms with Gasteiger partial charge >= 0.3 is 5.51 Å². The molecule has 1 saturated heterocycles. The Balaban J connectivity index is 1.92. The van der Waals surface area contributed by atoms with E-state index in [1.54, 1.807) is 6.92 Å². The van der Waals surface area contributed by atoms with E-state index < -0.39 is 16.7 Å². The van der Waals surface area contributed by atoms with Crippen molar-refractivity contribution in [1.29, 1.82) is 0 Å². The minimum Gasteiger partial charge on any atom is -0.604 e. The average molecular weight is 395 g/mol. The highest BCUT2D eigenvalue weighted by molar-refractivity contribution is 7.92. The lowest BCUT2D eigenvalue weighted by molar-refractivity contribution is -0.0435. The molecule has 3 rings (SSSR count). The Morgan fingerprint density at radius 3 is 2.33 bits per heavy atom. The molecule has 1 aliphatic rings. The number of rotatable bonds is 4. The van der Waals surface area contributed by atoms with Crippen LogP contribution < -0.4 is 0 Å². The third-order valence-electron chi connectivity index (χ3n) is 5.00. The molecule has 146 valence electrons. The first-order chi connectivity index (χ1) is 12.7. The van der Waals surface area contributed by atoms with Gasteiger partial charge in [-0.3, -0.25) is 4.90 Å². The summed E-state index contributed by atoms with van der Waals surface area (Å²) in [6.45, 7) is 6.81. The molecule has 0 bridgehead atoms. The number of benzene rings is 2. The van der Waals surface area contributed by atoms with Crippen LogP contribution in [0.25, 0.3) is 11.1 Å². The Morgan fingerprint density at radius 1 is 0.963 bits per heavy atom. The Bertz CT molecular complexity index is 800. The average Bonchev–Trinajstić information content (AvgIpc) is 2.62. The minimum absolute atomic E-state index is 0.198. The van der Waals surface area contributed by atoms with Crippen LogP contribution in [0.1, 0.15) is 36.0 Å². The lowest BCUT2D eigenvalue weighted by Gasteiger charge is -2.27. The lowest BCUT2D eigenvalue weighted by Crippen LogP contribution is -2.29. The summed E-state index contributed by atoms with van der Waals surface area (Å²) < 4.78 is 50.4. The first-order valence-electron chi connectivity index (χ1n) is 9.16. The maximum atomic E-state index is 12.9. The Labute approximate surface area is 161 Å². The number of alkyl halides is 3. The number of aryl methyl sites for hydroxylation is 2. The molecule has 27 heavy (non-hydrogen) atoms. The number of hydrogen-bond donors (Lipinski definition) is 0. The van der Waals surface area contributed by atoms with Gasteiger partial charge in [-0.1, -0.05) is 24.6 Å². The normalized spacial score (nSPS) is 17.1. The van der Waals surface area contributed by atoms with Gasteiger partial charge in [0.1, 0.15) is 0 Å². The van der Waals surface area contributed by atoms with E-state index in [0.717, 1.165) is 25.2 Å². The summed E-state index contributed by atoms with van der Waals surface area (Å²) >= 11 is -3.02. The molecule has 1 aliphatic heterocycles. The van der Waals surface area contributed by atoms with Crippen LogP contribution in [0.15, 0.2) is 41.3 Å². The quantitative estimate of drug-likeness (QED) is 0.632. The number of hydrogen-bond acceptors (Lipinski definition) is 2. The number of likely N-dealkylation sites (tertiary alicyclic amines) is 1. The van der Waals surface area contributed by atoms with Gasteiger partial charge in [0.05, 0.1) is 11.2 Å². The molecule has 2 aromatic carbocycles. The van der Waals surface area contributed by atoms with Crippen LogP contribution in [-0.2, 0) is 17.7 Å². The van der Waals surface area contributed by atoms with Gasteiger partial charge in [-0.15, -0.1) is 13.2 Å². The summed E-state index contributed by atoms with van der Waals surface area (Å²) in [5.41, 5.74) is -0.194. The zero-order valence-electron chi connectivity index (χ0n) is 15.6. The monoisotopic (exact) mass is 395 g/mol. The van der Waals surface area contributed by atoms with Gasteiger partial charge in [0.15, 0.2) is 4.90 Å². The fourth-order valence-corrected chi connectivity index (χ4v) is 4.33. The maximum absolute atomic E-state index is 12.9. The molecule has 0 amide bonds. The van der Waals surface area contributed by atoms with Gasteiger partial charge in [0, 0.05) is 12.6 Å². The number of piperidine rings is 1. The van der Waals surface area contributed by atoms with E-state index in [2.05, 4.69) is 17.9 Å². The molecule has 0 radical (unpaired) electrons. The highest BCUT2D eigenvalue weighted by Crippen LogP contribution is 2.34. The molecule has 6 heteroatoms. The van der Waals surface area contributed by atoms with E-state index in [1.165, 1.54) is 42.5 Å². The van der Waals surface area contributed by atoms with E-state index in [-0.39, 0.29) is 4.90 Å². The van der Waals surface area contributed by atoms with Crippen molar-refractivity contribution in [2.24, 2.45) is 0 Å². The van der Waals surface area contributed by atoms with Crippen molar-refractivity contribution in [3.05, 3.63) is 53.1 Å². The van der Waals surface area contributed by atoms with E-state index in [0.29, 0.717) is 11.1 Å². The van der Waals surface area contributed by atoms with Crippen LogP contribution in [0.5, 0.6) is 0 Å². The zero-order valence-corrected chi connectivity index (χ0v) is 16.4. The van der Waals surface area contributed by atoms with Crippen LogP contribution in [-0.4, -0.2) is 28.1 Å². The minimum atomic E-state index is -4.75. The summed E-state index contributed by atoms with van der Waals surface area (Å²) in [5.74, 6) is 0. The molecule has 0 spiro atoms. The Hall–Kier alpha value is -1.50. The smallest absolute Gasteiger partial charge is 0.578 e. The van der Waals surface area contributed by atoms with E-state index in [1.807, 2.05) is 18.2 Å². The molecule has 1 heterocycles. The van der Waals surface area contributed by atoms with Crippen molar-refractivity contribution < 1.29 is 17.7 Å². The van der Waals surface area contributed by atoms with Crippen molar-refractivity contribution >= 4 is 11.2 Å². The van der Waals surface area contributed by atoms with Gasteiger partial charge in [-0.05, 0) is 79.7 Å². The molecule has 1 fully saturated rings. The van der Waals surface area contributed by atoms with Crippen molar-refractivity contribution in [2.75, 3.05) is 13.1 Å². The van der Waals surface area contributed by atoms with Gasteiger partial charge in [0.25, 0.3) is 0 Å². The van der Waals surface area contributed by atoms with Crippen molar-refractivity contribution in [3.8, 4) is 11.1 Å². The standard InChI is InChI=1S/C21H24F3NOS/c1-15-10-18(13-20(11-15)27(26)21(22,23)24)17-7-6-16(2)19(12-17)14-25-8-4-3-5-9-25/h6-7,10-13H,3-5,8-9,14H2,1-2H3. The topological polar surface area (TPSA) is 26.3 Å². The molecule has 1 unspecified atom stereocenters. The predicted molar refractivity (Wildman–Crippen MR) is 103 cm³/mol. The third-order valence-corrected chi connectivity index (χ3v) is 6.08. The zero-order chi connectivity index (χ0) is 19.6. The number of halogens is 3. The van der Waals surface area contributed by atoms with Gasteiger partial charge < -0.3 is 4.55 Å². The molecule has 0 saturated carbocycles. The van der Waals surface area contributed by atoms with Crippen LogP contribution in [0.3, 0.4) is 0 Å². The van der Waals surface area contributed by atoms with Crippen LogP contribution >= 0.6 is 0 Å². The molecule has 2 aromatic rings. The van der Waals surface area contributed by atoms with Gasteiger partial charge in [0.2, 0.25) is 0 Å². The summed E-state index contributed by atoms with van der Waals surface area (Å²) in [5, 5.41) is 0. The fraction of sp³-hybridized carbons (Fsp3) is 0.429. The van der Waals surface area contributed by atoms with E-state index in [4.69, 9.17) is 0 Å². The second-order valence-corrected chi connectivity index (χ2v) is 8.70. The van der Waals surface area contributed by atoms with E-state index >= 15 is 0 Å². The van der Waals surface area contributed by atoms with Crippen LogP contribution in [0.2, 0.25) is 0 Å². The first kappa shape index (κ1) is 20.2. The van der Waals surface area contributed by atoms with Crippen molar-refractivity contribution in [3.63, 3.8) is 0 Å². The highest BCUT2D eigenvalue weighted by Gasteiger charge is 2.46. The first-order valence-corrected chi connectivity index (χ1v) is 10.3. The maximum Gasteiger partial charge on any atom is 0.578 e. The van der Waals surface area contributed by atoms with Crippen molar-refractivity contribution in [1.82, 2.24) is 4.90 Å². The second kappa shape index (κ2) is 8.25. The summed E-state index contributed by atoms with van der Waals surface area (Å²) in [6, 6.07) is 10.6. The van der Waals surface area contributed by atoms with Crippen molar-refractivity contribution in [2.45, 2.75) is 50.1 Å². The molecular weight excluding hydrogens is 371 g/mol. The summed E-state index contributed by atoms with van der Waals surface area (Å²) in [6.07, 6.45) is 3.70. The molecular formula is C21H24F3NOS. The SMILES string of the molecule is Cc1cc(-c2ccc(C)c(CN3CCCCC3)c2)cc([S+]([O-])C(F)(F)F)c1. The fourth-order valence-electron chi connectivity index (χ4n) is 3.54. The molecule has 0 aliphatic carbocycles. The molecule has 2 nitrogen and oxygen atoms in total. The Kier molecular flexibility index (Phi) is 6.18. The van der Waals surface area contributed by atoms with Gasteiger partial charge in [-0.2, -0.15) is 0 Å². The van der Waals surface area contributed by atoms with Gasteiger partial charge in [-0.25, -0.2) is 0 Å². The van der Waals surface area contributed by atoms with Crippen LogP contribution in [0, 0.1) is 13.8 Å². The Morgan fingerprint density at radius 2 is 1.67 bits per heavy atom. The molecule has 1 atom stereocenters. The largest absolute Gasteiger partial charge is 0.604 e. The van der Waals surface area contributed by atoms with Crippen LogP contribution in [0.4, 0.5) is 13.2 Å².